The van der Waals surface area contributed by atoms with Gasteiger partial charge in [-0.25, -0.2) is 0 Å². The average Bonchev–Trinajstić information content (AvgIpc) is 2.74. The highest BCUT2D eigenvalue weighted by Crippen LogP contribution is 2.26. The van der Waals surface area contributed by atoms with Gasteiger partial charge < -0.3 is 9.64 Å². The third-order valence-corrected chi connectivity index (χ3v) is 4.30. The van der Waals surface area contributed by atoms with E-state index in [1.165, 1.54) is 5.69 Å². The minimum Gasteiger partial charge on any atom is -0.497 e. The van der Waals surface area contributed by atoms with E-state index in [0.29, 0.717) is 0 Å². The molecule has 0 aliphatic rings. The molecule has 0 bridgehead atoms. The second-order valence-electron chi connectivity index (χ2n) is 4.74. The number of aromatic nitrogens is 2. The fourth-order valence-electron chi connectivity index (χ4n) is 2.16. The van der Waals surface area contributed by atoms with Gasteiger partial charge in [0, 0.05) is 25.8 Å². The number of halogens is 1. The molecule has 20 heavy (non-hydrogen) atoms. The molecule has 1 aromatic heterocycles. The van der Waals surface area contributed by atoms with E-state index in [1.807, 2.05) is 29.9 Å². The van der Waals surface area contributed by atoms with Crippen LogP contribution in [-0.2, 0) is 20.0 Å². The van der Waals surface area contributed by atoms with Gasteiger partial charge in [-0.05, 0) is 34.5 Å². The lowest BCUT2D eigenvalue weighted by atomic mass is 10.2. The zero-order chi connectivity index (χ0) is 14.7. The van der Waals surface area contributed by atoms with E-state index in [4.69, 9.17) is 4.74 Å². The van der Waals surface area contributed by atoms with E-state index in [-0.39, 0.29) is 0 Å². The van der Waals surface area contributed by atoms with Crippen molar-refractivity contribution in [2.24, 2.45) is 7.05 Å². The molecule has 0 saturated heterocycles. The Morgan fingerprint density at radius 2 is 2.15 bits per heavy atom. The number of benzene rings is 1. The van der Waals surface area contributed by atoms with Gasteiger partial charge in [-0.15, -0.1) is 0 Å². The van der Waals surface area contributed by atoms with Crippen LogP contribution < -0.4 is 9.64 Å². The molecule has 0 fully saturated rings. The van der Waals surface area contributed by atoms with Gasteiger partial charge >= 0.3 is 0 Å². The maximum absolute atomic E-state index is 5.27. The molecule has 4 nitrogen and oxygen atoms in total. The molecular formula is C15H20BrN3O. The van der Waals surface area contributed by atoms with E-state index >= 15 is 0 Å². The summed E-state index contributed by atoms with van der Waals surface area (Å²) in [6, 6.07) is 8.06. The van der Waals surface area contributed by atoms with Crippen LogP contribution >= 0.6 is 15.9 Å². The molecule has 0 atom stereocenters. The number of hydrogen-bond acceptors (Lipinski definition) is 3. The van der Waals surface area contributed by atoms with Crippen LogP contribution in [0.15, 0.2) is 28.7 Å². The van der Waals surface area contributed by atoms with Crippen LogP contribution in [0.2, 0.25) is 0 Å². The summed E-state index contributed by atoms with van der Waals surface area (Å²) in [6.07, 6.45) is 0.928. The molecule has 2 rings (SSSR count). The number of methoxy groups -OCH3 is 1. The van der Waals surface area contributed by atoms with Crippen molar-refractivity contribution in [2.75, 3.05) is 19.1 Å². The lowest BCUT2D eigenvalue weighted by molar-refractivity contribution is 0.415. The quantitative estimate of drug-likeness (QED) is 0.837. The van der Waals surface area contributed by atoms with Crippen molar-refractivity contribution in [3.8, 4) is 5.75 Å². The molecule has 0 amide bonds. The van der Waals surface area contributed by atoms with Crippen LogP contribution in [0.4, 0.5) is 5.69 Å². The van der Waals surface area contributed by atoms with Gasteiger partial charge in [0.2, 0.25) is 0 Å². The van der Waals surface area contributed by atoms with Crippen molar-refractivity contribution in [1.82, 2.24) is 9.78 Å². The Kier molecular flexibility index (Phi) is 4.70. The van der Waals surface area contributed by atoms with Crippen LogP contribution in [-0.4, -0.2) is 23.9 Å². The van der Waals surface area contributed by atoms with Crippen molar-refractivity contribution in [2.45, 2.75) is 19.9 Å². The second-order valence-corrected chi connectivity index (χ2v) is 5.54. The summed E-state index contributed by atoms with van der Waals surface area (Å²) >= 11 is 3.66. The minimum absolute atomic E-state index is 0.789. The lowest BCUT2D eigenvalue weighted by Crippen LogP contribution is -2.18. The molecule has 0 radical (unpaired) electrons. The van der Waals surface area contributed by atoms with Gasteiger partial charge in [-0.3, -0.25) is 4.68 Å². The van der Waals surface area contributed by atoms with Gasteiger partial charge in [0.25, 0.3) is 0 Å². The van der Waals surface area contributed by atoms with E-state index < -0.39 is 0 Å². The summed E-state index contributed by atoms with van der Waals surface area (Å²) in [7, 11) is 5.74. The fourth-order valence-corrected chi connectivity index (χ4v) is 2.90. The van der Waals surface area contributed by atoms with Gasteiger partial charge in [-0.1, -0.05) is 13.0 Å². The minimum atomic E-state index is 0.789. The number of nitrogens with zero attached hydrogens (tertiary/aromatic N) is 3. The number of ether oxygens (including phenoxy) is 1. The third kappa shape index (κ3) is 2.98. The van der Waals surface area contributed by atoms with Gasteiger partial charge in [0.1, 0.15) is 5.75 Å². The summed E-state index contributed by atoms with van der Waals surface area (Å²) in [5.41, 5.74) is 3.39. The molecule has 0 N–H and O–H groups in total. The summed E-state index contributed by atoms with van der Waals surface area (Å²) in [4.78, 5) is 2.18. The van der Waals surface area contributed by atoms with Gasteiger partial charge in [0.05, 0.1) is 29.5 Å². The van der Waals surface area contributed by atoms with Crippen LogP contribution in [0.5, 0.6) is 5.75 Å². The Hall–Kier alpha value is -1.49. The average molecular weight is 338 g/mol. The van der Waals surface area contributed by atoms with Gasteiger partial charge in [0.15, 0.2) is 0 Å². The van der Waals surface area contributed by atoms with Crippen LogP contribution in [0, 0.1) is 0 Å². The van der Waals surface area contributed by atoms with E-state index in [9.17, 15) is 0 Å². The molecule has 2 aromatic rings. The largest absolute Gasteiger partial charge is 0.497 e. The molecular weight excluding hydrogens is 318 g/mol. The van der Waals surface area contributed by atoms with Crippen molar-refractivity contribution in [1.29, 1.82) is 0 Å². The van der Waals surface area contributed by atoms with Crippen molar-refractivity contribution < 1.29 is 4.74 Å². The Balaban J connectivity index is 2.23. The van der Waals surface area contributed by atoms with Crippen LogP contribution in [0.25, 0.3) is 0 Å². The van der Waals surface area contributed by atoms with Gasteiger partial charge in [-0.2, -0.15) is 5.10 Å². The monoisotopic (exact) mass is 337 g/mol. The molecule has 0 aliphatic heterocycles. The molecule has 0 aliphatic carbocycles. The highest BCUT2D eigenvalue weighted by atomic mass is 79.9. The van der Waals surface area contributed by atoms with Crippen molar-refractivity contribution >= 4 is 21.6 Å². The standard InChI is InChI=1S/C15H20BrN3O/c1-5-13-15(16)14(19(3)17-13)10-18(2)11-7-6-8-12(9-11)20-4/h6-9H,5,10H2,1-4H3. The van der Waals surface area contributed by atoms with Crippen LogP contribution in [0.1, 0.15) is 18.3 Å². The number of hydrogen-bond donors (Lipinski definition) is 0. The van der Waals surface area contributed by atoms with E-state index in [1.54, 1.807) is 7.11 Å². The van der Waals surface area contributed by atoms with Crippen LogP contribution in [0.3, 0.4) is 0 Å². The SMILES string of the molecule is CCc1nn(C)c(CN(C)c2cccc(OC)c2)c1Br. The smallest absolute Gasteiger partial charge is 0.120 e. The number of aryl methyl sites for hydroxylation is 2. The Labute approximate surface area is 128 Å². The zero-order valence-corrected chi connectivity index (χ0v) is 13.9. The molecule has 0 spiro atoms. The zero-order valence-electron chi connectivity index (χ0n) is 12.4. The molecule has 0 saturated carbocycles. The third-order valence-electron chi connectivity index (χ3n) is 3.38. The molecule has 0 unspecified atom stereocenters. The first-order valence-corrected chi connectivity index (χ1v) is 7.41. The number of anilines is 1. The van der Waals surface area contributed by atoms with Crippen molar-refractivity contribution in [3.05, 3.63) is 40.1 Å². The molecule has 108 valence electrons. The Morgan fingerprint density at radius 1 is 1.40 bits per heavy atom. The fraction of sp³-hybridized carbons (Fsp3) is 0.400. The van der Waals surface area contributed by atoms with E-state index in [2.05, 4.69) is 46.0 Å². The second kappa shape index (κ2) is 6.31. The van der Waals surface area contributed by atoms with Crippen molar-refractivity contribution in [3.63, 3.8) is 0 Å². The molecule has 1 heterocycles. The lowest BCUT2D eigenvalue weighted by Gasteiger charge is -2.20. The first-order valence-electron chi connectivity index (χ1n) is 6.62. The summed E-state index contributed by atoms with van der Waals surface area (Å²) in [5, 5.41) is 4.53. The Morgan fingerprint density at radius 3 is 2.75 bits per heavy atom. The highest BCUT2D eigenvalue weighted by molar-refractivity contribution is 9.10. The summed E-state index contributed by atoms with van der Waals surface area (Å²) in [5.74, 6) is 0.868. The topological polar surface area (TPSA) is 30.3 Å². The first-order chi connectivity index (χ1) is 9.56. The molecule has 1 aromatic carbocycles. The van der Waals surface area contributed by atoms with E-state index in [0.717, 1.165) is 34.6 Å². The highest BCUT2D eigenvalue weighted by Gasteiger charge is 2.14. The first kappa shape index (κ1) is 14.9. The number of rotatable bonds is 5. The summed E-state index contributed by atoms with van der Waals surface area (Å²) < 4.78 is 8.32. The molecule has 5 heteroatoms. The maximum atomic E-state index is 5.27. The maximum Gasteiger partial charge on any atom is 0.120 e. The Bertz CT molecular complexity index is 595. The summed E-state index contributed by atoms with van der Waals surface area (Å²) in [6.45, 7) is 2.90. The predicted molar refractivity (Wildman–Crippen MR) is 85.4 cm³/mol. The predicted octanol–water partition coefficient (Wildman–Crippen LogP) is 3.39. The normalized spacial score (nSPS) is 10.7.